The Kier molecular flexibility index (Phi) is 4.85. The molecule has 1 atom stereocenters. The van der Waals surface area contributed by atoms with Crippen molar-refractivity contribution in [3.05, 3.63) is 29.8 Å². The van der Waals surface area contributed by atoms with Gasteiger partial charge in [0.15, 0.2) is 0 Å². The van der Waals surface area contributed by atoms with Crippen LogP contribution in [0.3, 0.4) is 0 Å². The second-order valence-corrected chi connectivity index (χ2v) is 3.67. The predicted molar refractivity (Wildman–Crippen MR) is 57.4 cm³/mol. The number of aromatic nitrogens is 1. The molecule has 0 aromatic carbocycles. The first-order valence-corrected chi connectivity index (χ1v) is 5.14. The van der Waals surface area contributed by atoms with E-state index in [1.54, 1.807) is 0 Å². The summed E-state index contributed by atoms with van der Waals surface area (Å²) in [6.45, 7) is 2.39. The highest BCUT2D eigenvalue weighted by Gasteiger charge is 2.12. The fourth-order valence-corrected chi connectivity index (χ4v) is 1.24. The number of aliphatic hydroxyl groups excluding tert-OH is 1. The first-order chi connectivity index (χ1) is 7.65. The standard InChI is InChI=1S/C11H15FN2O2/c1-8(4-6-15)7-14-11(16)9-3-2-5-13-10(9)12/h2-3,5,8,15H,4,6-7H2,1H3,(H,14,16). The SMILES string of the molecule is CC(CCO)CNC(=O)c1cccnc1F. The zero-order chi connectivity index (χ0) is 12.0. The van der Waals surface area contributed by atoms with Gasteiger partial charge < -0.3 is 10.4 Å². The van der Waals surface area contributed by atoms with Crippen LogP contribution in [-0.4, -0.2) is 29.1 Å². The van der Waals surface area contributed by atoms with E-state index in [4.69, 9.17) is 5.11 Å². The van der Waals surface area contributed by atoms with Gasteiger partial charge in [0, 0.05) is 19.3 Å². The summed E-state index contributed by atoms with van der Waals surface area (Å²) in [5, 5.41) is 11.3. The molecule has 0 spiro atoms. The van der Waals surface area contributed by atoms with Crippen molar-refractivity contribution < 1.29 is 14.3 Å². The summed E-state index contributed by atoms with van der Waals surface area (Å²) in [5.41, 5.74) is -0.0568. The van der Waals surface area contributed by atoms with Crippen LogP contribution >= 0.6 is 0 Å². The molecule has 1 rings (SSSR count). The van der Waals surface area contributed by atoms with Gasteiger partial charge >= 0.3 is 0 Å². The molecule has 0 radical (unpaired) electrons. The van der Waals surface area contributed by atoms with E-state index >= 15 is 0 Å². The molecule has 16 heavy (non-hydrogen) atoms. The van der Waals surface area contributed by atoms with E-state index in [2.05, 4.69) is 10.3 Å². The van der Waals surface area contributed by atoms with Gasteiger partial charge in [-0.25, -0.2) is 4.98 Å². The lowest BCUT2D eigenvalue weighted by molar-refractivity contribution is 0.0940. The third-order valence-corrected chi connectivity index (χ3v) is 2.24. The van der Waals surface area contributed by atoms with Crippen LogP contribution in [0.4, 0.5) is 4.39 Å². The fourth-order valence-electron chi connectivity index (χ4n) is 1.24. The summed E-state index contributed by atoms with van der Waals surface area (Å²) in [4.78, 5) is 14.9. The van der Waals surface area contributed by atoms with E-state index in [1.807, 2.05) is 6.92 Å². The number of hydrogen-bond acceptors (Lipinski definition) is 3. The van der Waals surface area contributed by atoms with Crippen molar-refractivity contribution in [1.82, 2.24) is 10.3 Å². The summed E-state index contributed by atoms with van der Waals surface area (Å²) in [7, 11) is 0. The highest BCUT2D eigenvalue weighted by atomic mass is 19.1. The number of rotatable bonds is 5. The molecule has 0 fully saturated rings. The molecule has 0 aliphatic rings. The molecule has 2 N–H and O–H groups in total. The predicted octanol–water partition coefficient (Wildman–Crippen LogP) is 0.969. The summed E-state index contributed by atoms with van der Waals surface area (Å²) in [5.74, 6) is -1.08. The number of halogens is 1. The molecule has 1 amide bonds. The van der Waals surface area contributed by atoms with Crippen LogP contribution in [0.15, 0.2) is 18.3 Å². The maximum Gasteiger partial charge on any atom is 0.255 e. The Morgan fingerprint density at radius 2 is 2.44 bits per heavy atom. The largest absolute Gasteiger partial charge is 0.396 e. The normalized spacial score (nSPS) is 12.2. The van der Waals surface area contributed by atoms with Crippen molar-refractivity contribution in [2.45, 2.75) is 13.3 Å². The van der Waals surface area contributed by atoms with Crippen LogP contribution < -0.4 is 5.32 Å². The molecule has 0 bridgehead atoms. The third-order valence-electron chi connectivity index (χ3n) is 2.24. The smallest absolute Gasteiger partial charge is 0.255 e. The minimum atomic E-state index is -0.769. The van der Waals surface area contributed by atoms with Crippen molar-refractivity contribution in [3.8, 4) is 0 Å². The van der Waals surface area contributed by atoms with Crippen molar-refractivity contribution in [2.24, 2.45) is 5.92 Å². The molecule has 1 aromatic heterocycles. The van der Waals surface area contributed by atoms with Gasteiger partial charge in [-0.05, 0) is 24.5 Å². The van der Waals surface area contributed by atoms with E-state index in [0.717, 1.165) is 0 Å². The van der Waals surface area contributed by atoms with Crippen molar-refractivity contribution in [3.63, 3.8) is 0 Å². The van der Waals surface area contributed by atoms with Gasteiger partial charge in [-0.3, -0.25) is 4.79 Å². The van der Waals surface area contributed by atoms with Gasteiger partial charge in [0.2, 0.25) is 5.95 Å². The number of pyridine rings is 1. The summed E-state index contributed by atoms with van der Waals surface area (Å²) in [6.07, 6.45) is 1.90. The topological polar surface area (TPSA) is 62.2 Å². The van der Waals surface area contributed by atoms with Crippen molar-refractivity contribution in [2.75, 3.05) is 13.2 Å². The molecule has 0 aliphatic carbocycles. The Morgan fingerprint density at radius 3 is 3.06 bits per heavy atom. The second-order valence-electron chi connectivity index (χ2n) is 3.67. The molecule has 1 heterocycles. The van der Waals surface area contributed by atoms with Gasteiger partial charge in [0.1, 0.15) is 0 Å². The first kappa shape index (κ1) is 12.6. The van der Waals surface area contributed by atoms with Crippen LogP contribution in [0.1, 0.15) is 23.7 Å². The summed E-state index contributed by atoms with van der Waals surface area (Å²) >= 11 is 0. The van der Waals surface area contributed by atoms with Gasteiger partial charge in [-0.1, -0.05) is 6.92 Å². The zero-order valence-electron chi connectivity index (χ0n) is 9.11. The number of nitrogens with zero attached hydrogens (tertiary/aromatic N) is 1. The number of amides is 1. The lowest BCUT2D eigenvalue weighted by atomic mass is 10.1. The van der Waals surface area contributed by atoms with Crippen molar-refractivity contribution in [1.29, 1.82) is 0 Å². The lowest BCUT2D eigenvalue weighted by Crippen LogP contribution is -2.29. The average molecular weight is 226 g/mol. The van der Waals surface area contributed by atoms with Crippen LogP contribution in [0.25, 0.3) is 0 Å². The number of nitrogens with one attached hydrogen (secondary N) is 1. The van der Waals surface area contributed by atoms with Gasteiger partial charge in [0.05, 0.1) is 5.56 Å². The quantitative estimate of drug-likeness (QED) is 0.735. The average Bonchev–Trinajstić information content (AvgIpc) is 2.27. The minimum absolute atomic E-state index is 0.0568. The first-order valence-electron chi connectivity index (χ1n) is 5.14. The third kappa shape index (κ3) is 3.58. The van der Waals surface area contributed by atoms with E-state index < -0.39 is 11.9 Å². The fraction of sp³-hybridized carbons (Fsp3) is 0.455. The lowest BCUT2D eigenvalue weighted by Gasteiger charge is -2.11. The van der Waals surface area contributed by atoms with E-state index in [1.165, 1.54) is 18.3 Å². The molecule has 0 aliphatic heterocycles. The van der Waals surface area contributed by atoms with E-state index in [0.29, 0.717) is 13.0 Å². The van der Waals surface area contributed by atoms with Crippen LogP contribution in [-0.2, 0) is 0 Å². The monoisotopic (exact) mass is 226 g/mol. The molecular formula is C11H15FN2O2. The molecule has 88 valence electrons. The Bertz CT molecular complexity index is 358. The van der Waals surface area contributed by atoms with Crippen LogP contribution in [0, 0.1) is 11.9 Å². The van der Waals surface area contributed by atoms with Crippen LogP contribution in [0.5, 0.6) is 0 Å². The maximum absolute atomic E-state index is 13.1. The molecule has 1 unspecified atom stereocenters. The minimum Gasteiger partial charge on any atom is -0.396 e. The van der Waals surface area contributed by atoms with Gasteiger partial charge in [-0.15, -0.1) is 0 Å². The second kappa shape index (κ2) is 6.17. The number of carbonyl (C=O) groups excluding carboxylic acids is 1. The Morgan fingerprint density at radius 1 is 1.69 bits per heavy atom. The maximum atomic E-state index is 13.1. The molecule has 5 heteroatoms. The van der Waals surface area contributed by atoms with E-state index in [-0.39, 0.29) is 18.1 Å². The van der Waals surface area contributed by atoms with Gasteiger partial charge in [0.25, 0.3) is 5.91 Å². The van der Waals surface area contributed by atoms with E-state index in [9.17, 15) is 9.18 Å². The molecule has 0 saturated carbocycles. The van der Waals surface area contributed by atoms with Gasteiger partial charge in [-0.2, -0.15) is 4.39 Å². The Balaban J connectivity index is 2.50. The Hall–Kier alpha value is -1.49. The number of hydrogen-bond donors (Lipinski definition) is 2. The molecular weight excluding hydrogens is 211 g/mol. The summed E-state index contributed by atoms with van der Waals surface area (Å²) in [6, 6.07) is 2.89. The number of aliphatic hydroxyl groups is 1. The summed E-state index contributed by atoms with van der Waals surface area (Å²) < 4.78 is 13.1. The molecule has 0 saturated heterocycles. The highest BCUT2D eigenvalue weighted by Crippen LogP contribution is 2.04. The molecule has 1 aromatic rings. The van der Waals surface area contributed by atoms with Crippen LogP contribution in [0.2, 0.25) is 0 Å². The Labute approximate surface area is 93.5 Å². The number of carbonyl (C=O) groups is 1. The van der Waals surface area contributed by atoms with Crippen molar-refractivity contribution >= 4 is 5.91 Å². The zero-order valence-corrected chi connectivity index (χ0v) is 9.11. The highest BCUT2D eigenvalue weighted by molar-refractivity contribution is 5.94. The molecule has 4 nitrogen and oxygen atoms in total.